The molecule has 0 saturated heterocycles. The number of alkyl halides is 1. The van der Waals surface area contributed by atoms with E-state index >= 15 is 0 Å². The van der Waals surface area contributed by atoms with E-state index in [2.05, 4.69) is 19.1 Å². The van der Waals surface area contributed by atoms with E-state index in [9.17, 15) is 13.2 Å². The van der Waals surface area contributed by atoms with Crippen LogP contribution in [0, 0.1) is 17.6 Å². The summed E-state index contributed by atoms with van der Waals surface area (Å²) in [5.74, 6) is -0.726. The van der Waals surface area contributed by atoms with Gasteiger partial charge in [0.1, 0.15) is 18.3 Å². The van der Waals surface area contributed by atoms with Crippen molar-refractivity contribution in [3.63, 3.8) is 0 Å². The molecule has 0 bridgehead atoms. The third-order valence-electron chi connectivity index (χ3n) is 4.18. The molecule has 0 radical (unpaired) electrons. The van der Waals surface area contributed by atoms with E-state index in [0.717, 1.165) is 32.1 Å². The minimum absolute atomic E-state index is 0.193. The van der Waals surface area contributed by atoms with Gasteiger partial charge in [0.25, 0.3) is 0 Å². The van der Waals surface area contributed by atoms with Gasteiger partial charge in [-0.2, -0.15) is 0 Å². The van der Waals surface area contributed by atoms with Crippen LogP contribution in [-0.4, -0.2) is 0 Å². The molecule has 1 aromatic carbocycles. The molecule has 2 rings (SSSR count). The van der Waals surface area contributed by atoms with Crippen LogP contribution in [0.3, 0.4) is 0 Å². The second kappa shape index (κ2) is 6.96. The minimum atomic E-state index is -1.09. The lowest BCUT2D eigenvalue weighted by Crippen LogP contribution is -2.12. The fraction of sp³-hybridized carbons (Fsp3) is 0.529. The summed E-state index contributed by atoms with van der Waals surface area (Å²) < 4.78 is 39.7. The van der Waals surface area contributed by atoms with Crippen molar-refractivity contribution in [1.82, 2.24) is 0 Å². The highest BCUT2D eigenvalue weighted by Gasteiger charge is 2.23. The third kappa shape index (κ3) is 3.44. The summed E-state index contributed by atoms with van der Waals surface area (Å²) in [5, 5.41) is 0. The minimum Gasteiger partial charge on any atom is -0.246 e. The second-order valence-electron chi connectivity index (χ2n) is 5.54. The predicted octanol–water partition coefficient (Wildman–Crippen LogP) is 5.67. The van der Waals surface area contributed by atoms with E-state index < -0.39 is 23.9 Å². The van der Waals surface area contributed by atoms with Gasteiger partial charge in [-0.3, -0.25) is 0 Å². The maximum atomic E-state index is 13.6. The molecule has 0 spiro atoms. The number of rotatable bonds is 4. The first-order valence-electron chi connectivity index (χ1n) is 7.36. The van der Waals surface area contributed by atoms with Crippen LogP contribution in [0.15, 0.2) is 24.3 Å². The Morgan fingerprint density at radius 2 is 1.70 bits per heavy atom. The Balaban J connectivity index is 2.05. The zero-order chi connectivity index (χ0) is 14.5. The molecule has 1 fully saturated rings. The van der Waals surface area contributed by atoms with Crippen molar-refractivity contribution in [2.45, 2.75) is 51.6 Å². The summed E-state index contributed by atoms with van der Waals surface area (Å²) in [6, 6.07) is 2.62. The monoisotopic (exact) mass is 282 g/mol. The van der Waals surface area contributed by atoms with Crippen LogP contribution in [0.1, 0.15) is 56.1 Å². The molecular formula is C17H21F3. The topological polar surface area (TPSA) is 0 Å². The summed E-state index contributed by atoms with van der Waals surface area (Å²) in [5.41, 5.74) is 0.225. The molecule has 3 heteroatoms. The maximum absolute atomic E-state index is 13.6. The van der Waals surface area contributed by atoms with Crippen molar-refractivity contribution in [2.75, 3.05) is 0 Å². The van der Waals surface area contributed by atoms with E-state index in [4.69, 9.17) is 0 Å². The summed E-state index contributed by atoms with van der Waals surface area (Å²) in [6.07, 6.45) is 9.45. The lowest BCUT2D eigenvalue weighted by atomic mass is 9.78. The molecule has 0 amide bonds. The standard InChI is InChI=1S/C17H21F3/c1-2-3-4-12-5-7-13(8-6-12)14-9-16(19)15(11-18)17(20)10-14/h3-4,9-10,12-13H,2,5-8,11H2,1H3/b4-3+. The Kier molecular flexibility index (Phi) is 5.27. The van der Waals surface area contributed by atoms with Crippen LogP contribution in [-0.2, 0) is 6.67 Å². The lowest BCUT2D eigenvalue weighted by molar-refractivity contribution is 0.372. The summed E-state index contributed by atoms with van der Waals surface area (Å²) in [4.78, 5) is 0. The molecule has 0 atom stereocenters. The summed E-state index contributed by atoms with van der Waals surface area (Å²) in [7, 11) is 0. The van der Waals surface area contributed by atoms with Crippen LogP contribution in [0.2, 0.25) is 0 Å². The quantitative estimate of drug-likeness (QED) is 0.624. The highest BCUT2D eigenvalue weighted by atomic mass is 19.1. The zero-order valence-electron chi connectivity index (χ0n) is 11.8. The molecule has 0 heterocycles. The Bertz CT molecular complexity index is 448. The Hall–Kier alpha value is -1.25. The van der Waals surface area contributed by atoms with Gasteiger partial charge in [0.2, 0.25) is 0 Å². The lowest BCUT2D eigenvalue weighted by Gasteiger charge is -2.27. The van der Waals surface area contributed by atoms with E-state index in [1.165, 1.54) is 12.1 Å². The van der Waals surface area contributed by atoms with Crippen LogP contribution in [0.25, 0.3) is 0 Å². The van der Waals surface area contributed by atoms with Gasteiger partial charge in [0.05, 0.1) is 5.56 Å². The Morgan fingerprint density at radius 3 is 2.20 bits per heavy atom. The van der Waals surface area contributed by atoms with Gasteiger partial charge in [-0.15, -0.1) is 0 Å². The van der Waals surface area contributed by atoms with Gasteiger partial charge in [-0.25, -0.2) is 13.2 Å². The molecule has 20 heavy (non-hydrogen) atoms. The first kappa shape index (κ1) is 15.1. The van der Waals surface area contributed by atoms with Crippen LogP contribution < -0.4 is 0 Å². The van der Waals surface area contributed by atoms with Gasteiger partial charge in [0, 0.05) is 0 Å². The summed E-state index contributed by atoms with van der Waals surface area (Å²) >= 11 is 0. The Labute approximate surface area is 118 Å². The maximum Gasteiger partial charge on any atom is 0.132 e. The highest BCUT2D eigenvalue weighted by Crippen LogP contribution is 2.37. The SMILES string of the molecule is CC/C=C/C1CCC(c2cc(F)c(CF)c(F)c2)CC1. The van der Waals surface area contributed by atoms with E-state index in [1.54, 1.807) is 0 Å². The largest absolute Gasteiger partial charge is 0.246 e. The number of benzene rings is 1. The van der Waals surface area contributed by atoms with Gasteiger partial charge < -0.3 is 0 Å². The fourth-order valence-electron chi connectivity index (χ4n) is 2.96. The molecule has 0 nitrogen and oxygen atoms in total. The summed E-state index contributed by atoms with van der Waals surface area (Å²) in [6.45, 7) is 1.02. The molecular weight excluding hydrogens is 261 g/mol. The van der Waals surface area contributed by atoms with Crippen LogP contribution in [0.5, 0.6) is 0 Å². The predicted molar refractivity (Wildman–Crippen MR) is 75.3 cm³/mol. The first-order chi connectivity index (χ1) is 9.65. The van der Waals surface area contributed by atoms with Gasteiger partial charge >= 0.3 is 0 Å². The van der Waals surface area contributed by atoms with Gasteiger partial charge in [-0.05, 0) is 61.6 Å². The molecule has 0 aliphatic heterocycles. The van der Waals surface area contributed by atoms with Crippen molar-refractivity contribution >= 4 is 0 Å². The van der Waals surface area contributed by atoms with Crippen molar-refractivity contribution in [1.29, 1.82) is 0 Å². The van der Waals surface area contributed by atoms with Gasteiger partial charge in [-0.1, -0.05) is 19.1 Å². The van der Waals surface area contributed by atoms with Crippen molar-refractivity contribution in [2.24, 2.45) is 5.92 Å². The number of hydrogen-bond donors (Lipinski definition) is 0. The number of hydrogen-bond acceptors (Lipinski definition) is 0. The normalized spacial score (nSPS) is 23.4. The Morgan fingerprint density at radius 1 is 1.10 bits per heavy atom. The van der Waals surface area contributed by atoms with Crippen LogP contribution >= 0.6 is 0 Å². The van der Waals surface area contributed by atoms with Crippen molar-refractivity contribution < 1.29 is 13.2 Å². The molecule has 1 aliphatic rings. The molecule has 1 aliphatic carbocycles. The van der Waals surface area contributed by atoms with Gasteiger partial charge in [0.15, 0.2) is 0 Å². The fourth-order valence-corrected chi connectivity index (χ4v) is 2.96. The zero-order valence-corrected chi connectivity index (χ0v) is 11.8. The van der Waals surface area contributed by atoms with E-state index in [-0.39, 0.29) is 5.92 Å². The molecule has 1 aromatic rings. The second-order valence-corrected chi connectivity index (χ2v) is 5.54. The van der Waals surface area contributed by atoms with Crippen LogP contribution in [0.4, 0.5) is 13.2 Å². The van der Waals surface area contributed by atoms with E-state index in [1.807, 2.05) is 0 Å². The van der Waals surface area contributed by atoms with Crippen molar-refractivity contribution in [3.8, 4) is 0 Å². The number of allylic oxidation sites excluding steroid dienone is 2. The average Bonchev–Trinajstić information content (AvgIpc) is 2.45. The smallest absolute Gasteiger partial charge is 0.132 e. The molecule has 0 aromatic heterocycles. The first-order valence-corrected chi connectivity index (χ1v) is 7.36. The third-order valence-corrected chi connectivity index (χ3v) is 4.18. The number of halogens is 3. The van der Waals surface area contributed by atoms with E-state index in [0.29, 0.717) is 11.5 Å². The van der Waals surface area contributed by atoms with Crippen molar-refractivity contribution in [3.05, 3.63) is 47.0 Å². The molecule has 0 unspecified atom stereocenters. The molecule has 1 saturated carbocycles. The average molecular weight is 282 g/mol. The highest BCUT2D eigenvalue weighted by molar-refractivity contribution is 5.28. The molecule has 0 N–H and O–H groups in total. The molecule has 110 valence electrons.